The Morgan fingerprint density at radius 3 is 2.00 bits per heavy atom. The van der Waals surface area contributed by atoms with Crippen LogP contribution in [0.1, 0.15) is 29.9 Å². The molecule has 0 radical (unpaired) electrons. The Labute approximate surface area is 194 Å². The summed E-state index contributed by atoms with van der Waals surface area (Å²) < 4.78 is 77.8. The van der Waals surface area contributed by atoms with Crippen molar-refractivity contribution in [1.82, 2.24) is 9.21 Å². The van der Waals surface area contributed by atoms with Crippen molar-refractivity contribution in [2.45, 2.75) is 37.0 Å². The van der Waals surface area contributed by atoms with Crippen LogP contribution in [0.3, 0.4) is 0 Å². The van der Waals surface area contributed by atoms with Gasteiger partial charge in [0.1, 0.15) is 11.5 Å². The first-order chi connectivity index (χ1) is 16.2. The molecule has 1 fully saturated rings. The van der Waals surface area contributed by atoms with Crippen LogP contribution in [0, 0.1) is 5.92 Å². The second-order valence-corrected chi connectivity index (χ2v) is 9.93. The highest BCUT2D eigenvalue weighted by atomic mass is 32.2. The Bertz CT molecular complexity index is 1160. The van der Waals surface area contributed by atoms with Gasteiger partial charge in [-0.05, 0) is 49.2 Å². The smallest absolute Gasteiger partial charge is 0.417 e. The number of piperidine rings is 1. The minimum Gasteiger partial charge on any atom is -0.467 e. The monoisotopic (exact) mass is 496 g/mol. The van der Waals surface area contributed by atoms with Crippen LogP contribution in [0.25, 0.3) is 0 Å². The summed E-state index contributed by atoms with van der Waals surface area (Å²) in [5.41, 5.74) is -1.20. The maximum Gasteiger partial charge on any atom is 0.417 e. The van der Waals surface area contributed by atoms with E-state index in [1.54, 1.807) is 29.2 Å². The summed E-state index contributed by atoms with van der Waals surface area (Å²) >= 11 is 0. The van der Waals surface area contributed by atoms with Crippen molar-refractivity contribution < 1.29 is 35.2 Å². The molecule has 1 saturated heterocycles. The molecule has 1 aliphatic heterocycles. The first-order valence-corrected chi connectivity index (χ1v) is 12.1. The second kappa shape index (κ2) is 9.67. The van der Waals surface area contributed by atoms with Crippen LogP contribution in [0.15, 0.2) is 74.8 Å². The SMILES string of the molecule is O=C(C1CCN(S(=O)(=O)c2ccccc2C(F)(F)F)CC1)N(Cc1ccco1)Cc1ccco1. The van der Waals surface area contributed by atoms with Gasteiger partial charge in [-0.3, -0.25) is 4.79 Å². The minimum absolute atomic E-state index is 0.0553. The summed E-state index contributed by atoms with van der Waals surface area (Å²) in [7, 11) is -4.37. The molecule has 0 unspecified atom stereocenters. The number of hydrogen-bond donors (Lipinski definition) is 0. The van der Waals surface area contributed by atoms with Crippen molar-refractivity contribution in [3.63, 3.8) is 0 Å². The Morgan fingerprint density at radius 1 is 0.941 bits per heavy atom. The topological polar surface area (TPSA) is 84.0 Å². The molecule has 0 bridgehead atoms. The number of amides is 1. The maximum absolute atomic E-state index is 13.4. The molecule has 4 rings (SSSR count). The highest BCUT2D eigenvalue weighted by molar-refractivity contribution is 7.89. The number of carbonyl (C=O) groups excluding carboxylic acids is 1. The second-order valence-electron chi connectivity index (χ2n) is 8.03. The molecule has 7 nitrogen and oxygen atoms in total. The molecule has 2 aromatic heterocycles. The molecule has 0 saturated carbocycles. The third-order valence-electron chi connectivity index (χ3n) is 5.78. The van der Waals surface area contributed by atoms with E-state index < -0.39 is 32.6 Å². The van der Waals surface area contributed by atoms with E-state index in [0.717, 1.165) is 22.5 Å². The molecule has 1 aliphatic rings. The largest absolute Gasteiger partial charge is 0.467 e. The fourth-order valence-corrected chi connectivity index (χ4v) is 5.74. The van der Waals surface area contributed by atoms with Gasteiger partial charge in [-0.2, -0.15) is 17.5 Å². The van der Waals surface area contributed by atoms with Gasteiger partial charge in [-0.25, -0.2) is 8.42 Å². The Balaban J connectivity index is 1.47. The van der Waals surface area contributed by atoms with Crippen molar-refractivity contribution in [1.29, 1.82) is 0 Å². The van der Waals surface area contributed by atoms with E-state index in [4.69, 9.17) is 8.83 Å². The molecule has 11 heteroatoms. The number of carbonyl (C=O) groups is 1. The summed E-state index contributed by atoms with van der Waals surface area (Å²) in [6, 6.07) is 11.1. The van der Waals surface area contributed by atoms with E-state index in [2.05, 4.69) is 0 Å². The summed E-state index contributed by atoms with van der Waals surface area (Å²) in [6.45, 7) is 0.314. The molecule has 3 aromatic rings. The fourth-order valence-electron chi connectivity index (χ4n) is 4.06. The van der Waals surface area contributed by atoms with Gasteiger partial charge in [-0.1, -0.05) is 12.1 Å². The average molecular weight is 497 g/mol. The zero-order chi connectivity index (χ0) is 24.3. The predicted molar refractivity (Wildman–Crippen MR) is 115 cm³/mol. The average Bonchev–Trinajstić information content (AvgIpc) is 3.52. The molecule has 0 spiro atoms. The first kappa shape index (κ1) is 24.1. The summed E-state index contributed by atoms with van der Waals surface area (Å²) in [5.74, 6) is 0.502. The van der Waals surface area contributed by atoms with E-state index >= 15 is 0 Å². The van der Waals surface area contributed by atoms with Crippen molar-refractivity contribution in [3.05, 3.63) is 78.1 Å². The molecule has 182 valence electrons. The standard InChI is InChI=1S/C23H23F3N2O5S/c24-23(25,26)20-7-1-2-8-21(20)34(30,31)28-11-9-17(10-12-28)22(29)27(15-18-5-3-13-32-18)16-19-6-4-14-33-19/h1-8,13-14,17H,9-12,15-16H2. The van der Waals surface area contributed by atoms with Gasteiger partial charge >= 0.3 is 6.18 Å². The number of benzene rings is 1. The van der Waals surface area contributed by atoms with Gasteiger partial charge in [0.15, 0.2) is 0 Å². The summed E-state index contributed by atoms with van der Waals surface area (Å²) in [5, 5.41) is 0. The zero-order valence-corrected chi connectivity index (χ0v) is 18.9. The molecule has 0 atom stereocenters. The van der Waals surface area contributed by atoms with Crippen LogP contribution in [0.4, 0.5) is 13.2 Å². The lowest BCUT2D eigenvalue weighted by Gasteiger charge is -2.33. The number of rotatable bonds is 7. The molecular weight excluding hydrogens is 473 g/mol. The van der Waals surface area contributed by atoms with Crippen molar-refractivity contribution >= 4 is 15.9 Å². The highest BCUT2D eigenvalue weighted by Crippen LogP contribution is 2.36. The minimum atomic E-state index is -4.80. The van der Waals surface area contributed by atoms with E-state index in [0.29, 0.717) is 11.5 Å². The molecule has 3 heterocycles. The van der Waals surface area contributed by atoms with Crippen LogP contribution >= 0.6 is 0 Å². The normalized spacial score (nSPS) is 16.0. The number of furan rings is 2. The number of nitrogens with zero attached hydrogens (tertiary/aromatic N) is 2. The number of alkyl halides is 3. The van der Waals surface area contributed by atoms with Crippen LogP contribution in [0.5, 0.6) is 0 Å². The van der Waals surface area contributed by atoms with Crippen LogP contribution in [0.2, 0.25) is 0 Å². The van der Waals surface area contributed by atoms with Gasteiger partial charge in [0, 0.05) is 19.0 Å². The Hall–Kier alpha value is -3.05. The van der Waals surface area contributed by atoms with Gasteiger partial charge in [0.25, 0.3) is 0 Å². The number of hydrogen-bond acceptors (Lipinski definition) is 5. The van der Waals surface area contributed by atoms with Crippen LogP contribution < -0.4 is 0 Å². The lowest BCUT2D eigenvalue weighted by Crippen LogP contribution is -2.44. The lowest BCUT2D eigenvalue weighted by atomic mass is 9.96. The third-order valence-corrected chi connectivity index (χ3v) is 7.74. The summed E-state index contributed by atoms with van der Waals surface area (Å²) in [6.07, 6.45) is -1.39. The third kappa shape index (κ3) is 5.20. The van der Waals surface area contributed by atoms with E-state index in [1.807, 2.05) is 0 Å². The Kier molecular flexibility index (Phi) is 6.85. The van der Waals surface area contributed by atoms with Crippen LogP contribution in [-0.2, 0) is 34.1 Å². The summed E-state index contributed by atoms with van der Waals surface area (Å²) in [4.78, 5) is 14.1. The van der Waals surface area contributed by atoms with Gasteiger partial charge < -0.3 is 13.7 Å². The van der Waals surface area contributed by atoms with Crippen molar-refractivity contribution in [3.8, 4) is 0 Å². The molecule has 1 amide bonds. The van der Waals surface area contributed by atoms with Gasteiger partial charge in [-0.15, -0.1) is 0 Å². The predicted octanol–water partition coefficient (Wildman–Crippen LogP) is 4.52. The molecule has 0 N–H and O–H groups in total. The molecular formula is C23H23F3N2O5S. The quantitative estimate of drug-likeness (QED) is 0.480. The zero-order valence-electron chi connectivity index (χ0n) is 18.1. The number of sulfonamides is 1. The number of halogens is 3. The van der Waals surface area contributed by atoms with Crippen LogP contribution in [-0.4, -0.2) is 36.6 Å². The highest BCUT2D eigenvalue weighted by Gasteiger charge is 2.40. The van der Waals surface area contributed by atoms with Gasteiger partial charge in [0.05, 0.1) is 36.1 Å². The first-order valence-electron chi connectivity index (χ1n) is 10.7. The van der Waals surface area contributed by atoms with E-state index in [-0.39, 0.29) is 44.9 Å². The van der Waals surface area contributed by atoms with E-state index in [1.165, 1.54) is 18.6 Å². The van der Waals surface area contributed by atoms with Crippen molar-refractivity contribution in [2.75, 3.05) is 13.1 Å². The fraction of sp³-hybridized carbons (Fsp3) is 0.348. The van der Waals surface area contributed by atoms with Gasteiger partial charge in [0.2, 0.25) is 15.9 Å². The molecule has 34 heavy (non-hydrogen) atoms. The maximum atomic E-state index is 13.4. The molecule has 1 aromatic carbocycles. The van der Waals surface area contributed by atoms with E-state index in [9.17, 15) is 26.4 Å². The van der Waals surface area contributed by atoms with Crippen molar-refractivity contribution in [2.24, 2.45) is 5.92 Å². The lowest BCUT2D eigenvalue weighted by molar-refractivity contribution is -0.140. The Morgan fingerprint density at radius 2 is 1.50 bits per heavy atom. The molecule has 0 aliphatic carbocycles.